The van der Waals surface area contributed by atoms with Crippen molar-refractivity contribution in [3.63, 3.8) is 0 Å². The summed E-state index contributed by atoms with van der Waals surface area (Å²) >= 11 is 5.87. The average molecular weight is 475 g/mol. The van der Waals surface area contributed by atoms with E-state index < -0.39 is 22.7 Å². The lowest BCUT2D eigenvalue weighted by Crippen LogP contribution is -2.42. The fourth-order valence-electron chi connectivity index (χ4n) is 3.72. The van der Waals surface area contributed by atoms with Gasteiger partial charge in [-0.1, -0.05) is 16.8 Å². The number of anilines is 1. The number of nitrogens with zero attached hydrogens (tertiary/aromatic N) is 6. The summed E-state index contributed by atoms with van der Waals surface area (Å²) in [5, 5.41) is 7.83. The van der Waals surface area contributed by atoms with Gasteiger partial charge in [0.05, 0.1) is 34.6 Å². The predicted octanol–water partition coefficient (Wildman–Crippen LogP) is 4.89. The highest BCUT2D eigenvalue weighted by Gasteiger charge is 2.37. The molecule has 8 nitrogen and oxygen atoms in total. The zero-order valence-electron chi connectivity index (χ0n) is 16.9. The van der Waals surface area contributed by atoms with Crippen molar-refractivity contribution >= 4 is 23.2 Å². The van der Waals surface area contributed by atoms with E-state index >= 15 is 0 Å². The van der Waals surface area contributed by atoms with Crippen LogP contribution in [0.4, 0.5) is 18.9 Å². The largest absolute Gasteiger partial charge is 0.417 e. The van der Waals surface area contributed by atoms with Gasteiger partial charge in [0.1, 0.15) is 17.1 Å². The molecule has 1 aliphatic rings. The van der Waals surface area contributed by atoms with Crippen molar-refractivity contribution in [1.29, 1.82) is 0 Å². The average Bonchev–Trinajstić information content (AvgIpc) is 3.43. The van der Waals surface area contributed by atoms with Crippen LogP contribution in [0, 0.1) is 0 Å². The number of fused-ring (bicyclic) bond motifs is 1. The molecule has 1 atom stereocenters. The molecule has 4 heterocycles. The molecule has 0 saturated heterocycles. The molecule has 0 aliphatic carbocycles. The van der Waals surface area contributed by atoms with Gasteiger partial charge in [-0.05, 0) is 25.1 Å². The van der Waals surface area contributed by atoms with Gasteiger partial charge < -0.3 is 9.42 Å². The molecule has 0 spiro atoms. The quantitative estimate of drug-likeness (QED) is 0.420. The number of carbonyl (C=O) groups is 1. The fraction of sp³-hybridized carbons (Fsp3) is 0.190. The summed E-state index contributed by atoms with van der Waals surface area (Å²) in [7, 11) is 0. The SMILES string of the molecule is CC1CN(c2ccc(C(F)(F)F)c(Cl)c2)C(=O)c2c(-c3cc(-c4cnccn4)no3)cnn21. The molecule has 0 bridgehead atoms. The number of amides is 1. The molecule has 0 N–H and O–H groups in total. The number of hydrogen-bond acceptors (Lipinski definition) is 6. The van der Waals surface area contributed by atoms with Crippen molar-refractivity contribution in [1.82, 2.24) is 24.9 Å². The van der Waals surface area contributed by atoms with E-state index in [2.05, 4.69) is 20.2 Å². The third-order valence-corrected chi connectivity index (χ3v) is 5.59. The standard InChI is InChI=1S/C21H14ClF3N6O2/c1-11-10-30(12-2-3-14(15(22)6-12)21(23,24)25)20(32)19-13(8-28-31(11)19)18-7-16(29-33-18)17-9-26-4-5-27-17/h2-9,11H,10H2,1H3. The molecule has 168 valence electrons. The van der Waals surface area contributed by atoms with Crippen LogP contribution in [0.5, 0.6) is 0 Å². The summed E-state index contributed by atoms with van der Waals surface area (Å²) in [4.78, 5) is 22.9. The van der Waals surface area contributed by atoms with Gasteiger partial charge in [-0.2, -0.15) is 18.3 Å². The Morgan fingerprint density at radius 2 is 1.97 bits per heavy atom. The predicted molar refractivity (Wildman–Crippen MR) is 112 cm³/mol. The molecule has 3 aromatic heterocycles. The van der Waals surface area contributed by atoms with Crippen LogP contribution in [0.1, 0.15) is 29.0 Å². The molecule has 1 unspecified atom stereocenters. The van der Waals surface area contributed by atoms with Gasteiger partial charge in [0.25, 0.3) is 5.91 Å². The molecule has 5 rings (SSSR count). The van der Waals surface area contributed by atoms with Crippen LogP contribution in [0.2, 0.25) is 5.02 Å². The lowest BCUT2D eigenvalue weighted by Gasteiger charge is -2.32. The minimum Gasteiger partial charge on any atom is -0.355 e. The minimum atomic E-state index is -4.59. The Hall–Kier alpha value is -3.73. The van der Waals surface area contributed by atoms with Crippen molar-refractivity contribution in [2.24, 2.45) is 0 Å². The van der Waals surface area contributed by atoms with Crippen LogP contribution in [0.3, 0.4) is 0 Å². The van der Waals surface area contributed by atoms with E-state index in [0.29, 0.717) is 22.7 Å². The maximum atomic E-state index is 13.4. The molecular formula is C21H14ClF3N6O2. The first kappa shape index (κ1) is 21.1. The van der Waals surface area contributed by atoms with Gasteiger partial charge >= 0.3 is 6.18 Å². The topological polar surface area (TPSA) is 89.9 Å². The summed E-state index contributed by atoms with van der Waals surface area (Å²) in [6, 6.07) is 4.60. The second-order valence-electron chi connectivity index (χ2n) is 7.45. The third-order valence-electron chi connectivity index (χ3n) is 5.28. The first-order valence-electron chi connectivity index (χ1n) is 9.73. The Labute approximate surface area is 189 Å². The Bertz CT molecular complexity index is 1350. The van der Waals surface area contributed by atoms with Crippen molar-refractivity contribution < 1.29 is 22.5 Å². The van der Waals surface area contributed by atoms with Crippen molar-refractivity contribution in [2.75, 3.05) is 11.4 Å². The van der Waals surface area contributed by atoms with Crippen LogP contribution in [-0.2, 0) is 6.18 Å². The molecule has 0 radical (unpaired) electrons. The monoisotopic (exact) mass is 474 g/mol. The Morgan fingerprint density at radius 3 is 2.67 bits per heavy atom. The van der Waals surface area contributed by atoms with Crippen LogP contribution < -0.4 is 4.90 Å². The highest BCUT2D eigenvalue weighted by Crippen LogP contribution is 2.39. The second-order valence-corrected chi connectivity index (χ2v) is 7.85. The smallest absolute Gasteiger partial charge is 0.355 e. The maximum Gasteiger partial charge on any atom is 0.417 e. The van der Waals surface area contributed by atoms with Crippen molar-refractivity contribution in [3.05, 3.63) is 65.3 Å². The van der Waals surface area contributed by atoms with Gasteiger partial charge in [0.15, 0.2) is 5.76 Å². The number of carbonyl (C=O) groups excluding carboxylic acids is 1. The van der Waals surface area contributed by atoms with Crippen LogP contribution in [0.25, 0.3) is 22.7 Å². The van der Waals surface area contributed by atoms with Gasteiger partial charge in [-0.15, -0.1) is 0 Å². The summed E-state index contributed by atoms with van der Waals surface area (Å²) < 4.78 is 46.2. The number of hydrogen-bond donors (Lipinski definition) is 0. The first-order chi connectivity index (χ1) is 15.7. The van der Waals surface area contributed by atoms with Gasteiger partial charge in [0.2, 0.25) is 0 Å². The van der Waals surface area contributed by atoms with E-state index in [9.17, 15) is 18.0 Å². The van der Waals surface area contributed by atoms with Gasteiger partial charge in [-0.25, -0.2) is 0 Å². The molecule has 1 amide bonds. The minimum absolute atomic E-state index is 0.204. The number of halogens is 4. The lowest BCUT2D eigenvalue weighted by molar-refractivity contribution is -0.137. The number of rotatable bonds is 3. The molecule has 1 aromatic carbocycles. The molecular weight excluding hydrogens is 461 g/mol. The number of alkyl halides is 3. The summed E-state index contributed by atoms with van der Waals surface area (Å²) in [6.45, 7) is 2.05. The number of aromatic nitrogens is 5. The fourth-order valence-corrected chi connectivity index (χ4v) is 4.00. The highest BCUT2D eigenvalue weighted by atomic mass is 35.5. The van der Waals surface area contributed by atoms with E-state index in [0.717, 1.165) is 12.1 Å². The normalized spacial score (nSPS) is 16.2. The summed E-state index contributed by atoms with van der Waals surface area (Å²) in [5.41, 5.74) is 0.842. The van der Waals surface area contributed by atoms with Crippen LogP contribution in [0.15, 0.2) is 53.6 Å². The Kier molecular flexibility index (Phi) is 4.93. The van der Waals surface area contributed by atoms with E-state index in [1.807, 2.05) is 6.92 Å². The molecule has 0 saturated carbocycles. The molecule has 12 heteroatoms. The highest BCUT2D eigenvalue weighted by molar-refractivity contribution is 6.31. The zero-order chi connectivity index (χ0) is 23.3. The van der Waals surface area contributed by atoms with E-state index in [1.54, 1.807) is 10.7 Å². The van der Waals surface area contributed by atoms with Crippen molar-refractivity contribution in [2.45, 2.75) is 19.1 Å². The summed E-state index contributed by atoms with van der Waals surface area (Å²) in [5.74, 6) is -0.154. The van der Waals surface area contributed by atoms with Crippen LogP contribution >= 0.6 is 11.6 Å². The van der Waals surface area contributed by atoms with E-state index in [1.165, 1.54) is 35.8 Å². The molecule has 4 aromatic rings. The van der Waals surface area contributed by atoms with Gasteiger partial charge in [0, 0.05) is 30.7 Å². The molecule has 1 aliphatic heterocycles. The maximum absolute atomic E-state index is 13.4. The van der Waals surface area contributed by atoms with Crippen LogP contribution in [-0.4, -0.2) is 37.4 Å². The lowest BCUT2D eigenvalue weighted by atomic mass is 10.1. The molecule has 33 heavy (non-hydrogen) atoms. The molecule has 0 fully saturated rings. The van der Waals surface area contributed by atoms with Gasteiger partial charge in [-0.3, -0.25) is 19.4 Å². The van der Waals surface area contributed by atoms with Crippen molar-refractivity contribution in [3.8, 4) is 22.7 Å². The second kappa shape index (κ2) is 7.69. The first-order valence-corrected chi connectivity index (χ1v) is 10.1. The van der Waals surface area contributed by atoms with E-state index in [-0.39, 0.29) is 24.0 Å². The van der Waals surface area contributed by atoms with E-state index in [4.69, 9.17) is 16.1 Å². The Balaban J connectivity index is 1.53. The number of benzene rings is 1. The third kappa shape index (κ3) is 3.63. The Morgan fingerprint density at radius 1 is 1.15 bits per heavy atom. The summed E-state index contributed by atoms with van der Waals surface area (Å²) in [6.07, 6.45) is 1.48. The zero-order valence-corrected chi connectivity index (χ0v) is 17.7.